The third-order valence-corrected chi connectivity index (χ3v) is 2.41. The highest BCUT2D eigenvalue weighted by molar-refractivity contribution is 9.10. The fraction of sp³-hybridized carbons (Fsp3) is 0.400. The van der Waals surface area contributed by atoms with Crippen molar-refractivity contribution in [2.45, 2.75) is 13.0 Å². The van der Waals surface area contributed by atoms with E-state index < -0.39 is 0 Å². The van der Waals surface area contributed by atoms with E-state index in [0.29, 0.717) is 22.7 Å². The van der Waals surface area contributed by atoms with Crippen molar-refractivity contribution in [1.82, 2.24) is 14.4 Å². The topological polar surface area (TPSA) is 48.7 Å². The molecule has 0 aliphatic rings. The van der Waals surface area contributed by atoms with Crippen molar-refractivity contribution in [3.63, 3.8) is 0 Å². The largest absolute Gasteiger partial charge is 0.470 e. The van der Waals surface area contributed by atoms with Crippen LogP contribution >= 0.6 is 15.9 Å². The lowest BCUT2D eigenvalue weighted by Gasteiger charge is -2.13. The van der Waals surface area contributed by atoms with Crippen LogP contribution < -0.4 is 4.74 Å². The van der Waals surface area contributed by atoms with Crippen molar-refractivity contribution >= 4 is 21.6 Å². The average Bonchev–Trinajstić information content (AvgIpc) is 2.65. The fourth-order valence-electron chi connectivity index (χ4n) is 1.41. The van der Waals surface area contributed by atoms with E-state index in [1.54, 1.807) is 13.3 Å². The van der Waals surface area contributed by atoms with Crippen molar-refractivity contribution in [3.8, 4) is 5.88 Å². The van der Waals surface area contributed by atoms with Gasteiger partial charge in [-0.3, -0.25) is 4.40 Å². The molecule has 0 aliphatic carbocycles. The standard InChI is InChI=1S/C10H12BrN3O2/c1-7(6-15-2)16-10-9-12-3-4-14(9)5-8(11)13-10/h3-5,7H,6H2,1-2H3. The molecule has 86 valence electrons. The second-order valence-electron chi connectivity index (χ2n) is 3.41. The van der Waals surface area contributed by atoms with Gasteiger partial charge in [0.25, 0.3) is 5.88 Å². The van der Waals surface area contributed by atoms with E-state index in [1.807, 2.05) is 23.7 Å². The molecule has 1 unspecified atom stereocenters. The second kappa shape index (κ2) is 4.80. The summed E-state index contributed by atoms with van der Waals surface area (Å²) >= 11 is 3.33. The number of nitrogens with zero attached hydrogens (tertiary/aromatic N) is 3. The van der Waals surface area contributed by atoms with E-state index in [1.165, 1.54) is 0 Å². The highest BCUT2D eigenvalue weighted by Crippen LogP contribution is 2.19. The van der Waals surface area contributed by atoms with Crippen molar-refractivity contribution in [2.24, 2.45) is 0 Å². The Balaban J connectivity index is 2.31. The molecule has 16 heavy (non-hydrogen) atoms. The Morgan fingerprint density at radius 2 is 2.38 bits per heavy atom. The molecule has 0 aromatic carbocycles. The summed E-state index contributed by atoms with van der Waals surface area (Å²) < 4.78 is 13.2. The summed E-state index contributed by atoms with van der Waals surface area (Å²) in [6, 6.07) is 0. The van der Waals surface area contributed by atoms with Crippen LogP contribution in [0.3, 0.4) is 0 Å². The Bertz CT molecular complexity index is 486. The molecule has 2 aromatic heterocycles. The molecule has 2 rings (SSSR count). The Hall–Kier alpha value is -1.14. The number of ether oxygens (including phenoxy) is 2. The minimum absolute atomic E-state index is 0.0627. The first-order valence-electron chi connectivity index (χ1n) is 4.85. The molecule has 1 atom stereocenters. The van der Waals surface area contributed by atoms with Crippen LogP contribution in [0.5, 0.6) is 5.88 Å². The molecule has 0 N–H and O–H groups in total. The maximum Gasteiger partial charge on any atom is 0.259 e. The van der Waals surface area contributed by atoms with Gasteiger partial charge in [0.2, 0.25) is 5.65 Å². The maximum absolute atomic E-state index is 5.66. The predicted octanol–water partition coefficient (Wildman–Crippen LogP) is 1.91. The molecule has 2 aromatic rings. The third-order valence-electron chi connectivity index (χ3n) is 2.03. The van der Waals surface area contributed by atoms with Gasteiger partial charge in [-0.2, -0.15) is 0 Å². The first kappa shape index (κ1) is 11.3. The molecule has 0 saturated heterocycles. The molecule has 0 bridgehead atoms. The van der Waals surface area contributed by atoms with Crippen molar-refractivity contribution in [2.75, 3.05) is 13.7 Å². The van der Waals surface area contributed by atoms with Crippen molar-refractivity contribution in [1.29, 1.82) is 0 Å². The molecular formula is C10H12BrN3O2. The maximum atomic E-state index is 5.66. The first-order chi connectivity index (χ1) is 7.70. The van der Waals surface area contributed by atoms with E-state index in [9.17, 15) is 0 Å². The van der Waals surface area contributed by atoms with E-state index in [0.717, 1.165) is 0 Å². The Labute approximate surface area is 102 Å². The van der Waals surface area contributed by atoms with E-state index in [-0.39, 0.29) is 6.10 Å². The van der Waals surface area contributed by atoms with Crippen LogP contribution in [0.2, 0.25) is 0 Å². The summed E-state index contributed by atoms with van der Waals surface area (Å²) in [5, 5.41) is 0. The summed E-state index contributed by atoms with van der Waals surface area (Å²) in [6.07, 6.45) is 5.32. The quantitative estimate of drug-likeness (QED) is 0.861. The molecule has 0 spiro atoms. The van der Waals surface area contributed by atoms with Crippen molar-refractivity contribution < 1.29 is 9.47 Å². The number of fused-ring (bicyclic) bond motifs is 1. The number of hydrogen-bond acceptors (Lipinski definition) is 4. The molecule has 6 heteroatoms. The number of aromatic nitrogens is 3. The number of halogens is 1. The van der Waals surface area contributed by atoms with Crippen LogP contribution in [0.4, 0.5) is 0 Å². The zero-order valence-corrected chi connectivity index (χ0v) is 10.6. The van der Waals surface area contributed by atoms with Crippen LogP contribution in [0.25, 0.3) is 5.65 Å². The summed E-state index contributed by atoms with van der Waals surface area (Å²) in [6.45, 7) is 2.44. The lowest BCUT2D eigenvalue weighted by atomic mass is 10.4. The Morgan fingerprint density at radius 3 is 3.12 bits per heavy atom. The van der Waals surface area contributed by atoms with E-state index >= 15 is 0 Å². The molecule has 0 saturated carbocycles. The SMILES string of the molecule is COCC(C)Oc1nc(Br)cn2ccnc12. The predicted molar refractivity (Wildman–Crippen MR) is 62.7 cm³/mol. The summed E-state index contributed by atoms with van der Waals surface area (Å²) in [5.41, 5.74) is 0.700. The molecule has 0 fully saturated rings. The van der Waals surface area contributed by atoms with Crippen LogP contribution in [-0.2, 0) is 4.74 Å². The zero-order chi connectivity index (χ0) is 11.5. The number of rotatable bonds is 4. The van der Waals surface area contributed by atoms with Gasteiger partial charge < -0.3 is 9.47 Å². The Morgan fingerprint density at radius 1 is 1.56 bits per heavy atom. The van der Waals surface area contributed by atoms with Gasteiger partial charge in [0.15, 0.2) is 0 Å². The second-order valence-corrected chi connectivity index (χ2v) is 4.22. The Kier molecular flexibility index (Phi) is 3.40. The molecule has 0 radical (unpaired) electrons. The van der Waals surface area contributed by atoms with Crippen LogP contribution in [-0.4, -0.2) is 34.2 Å². The number of hydrogen-bond donors (Lipinski definition) is 0. The minimum Gasteiger partial charge on any atom is -0.470 e. The number of imidazole rings is 1. The lowest BCUT2D eigenvalue weighted by Crippen LogP contribution is -2.19. The molecule has 2 heterocycles. The van der Waals surface area contributed by atoms with Gasteiger partial charge in [0.05, 0.1) is 6.61 Å². The summed E-state index contributed by atoms with van der Waals surface area (Å²) in [4.78, 5) is 8.44. The lowest BCUT2D eigenvalue weighted by molar-refractivity contribution is 0.0895. The van der Waals surface area contributed by atoms with Crippen molar-refractivity contribution in [3.05, 3.63) is 23.2 Å². The zero-order valence-electron chi connectivity index (χ0n) is 9.05. The van der Waals surface area contributed by atoms with Gasteiger partial charge in [0.1, 0.15) is 10.7 Å². The van der Waals surface area contributed by atoms with Gasteiger partial charge in [-0.1, -0.05) is 0 Å². The van der Waals surface area contributed by atoms with Gasteiger partial charge >= 0.3 is 0 Å². The minimum atomic E-state index is -0.0627. The monoisotopic (exact) mass is 285 g/mol. The average molecular weight is 286 g/mol. The molecule has 0 amide bonds. The van der Waals surface area contributed by atoms with Gasteiger partial charge in [-0.05, 0) is 22.9 Å². The van der Waals surface area contributed by atoms with Crippen LogP contribution in [0, 0.1) is 0 Å². The number of methoxy groups -OCH3 is 1. The summed E-state index contributed by atoms with van der Waals surface area (Å²) in [7, 11) is 1.64. The molecule has 0 aliphatic heterocycles. The first-order valence-corrected chi connectivity index (χ1v) is 5.65. The molecule has 5 nitrogen and oxygen atoms in total. The summed E-state index contributed by atoms with van der Waals surface area (Å²) in [5.74, 6) is 0.504. The van der Waals surface area contributed by atoms with E-state index in [2.05, 4.69) is 25.9 Å². The molecular weight excluding hydrogens is 274 g/mol. The normalized spacial score (nSPS) is 12.9. The van der Waals surface area contributed by atoms with Gasteiger partial charge in [-0.15, -0.1) is 0 Å². The third kappa shape index (κ3) is 2.33. The highest BCUT2D eigenvalue weighted by Gasteiger charge is 2.11. The smallest absolute Gasteiger partial charge is 0.259 e. The van der Waals surface area contributed by atoms with Crippen LogP contribution in [0.1, 0.15) is 6.92 Å². The van der Waals surface area contributed by atoms with E-state index in [4.69, 9.17) is 9.47 Å². The van der Waals surface area contributed by atoms with Gasteiger partial charge in [-0.25, -0.2) is 9.97 Å². The van der Waals surface area contributed by atoms with Crippen LogP contribution in [0.15, 0.2) is 23.2 Å². The van der Waals surface area contributed by atoms with Gasteiger partial charge in [0, 0.05) is 25.7 Å². The fourth-order valence-corrected chi connectivity index (χ4v) is 1.79. The highest BCUT2D eigenvalue weighted by atomic mass is 79.9.